The van der Waals surface area contributed by atoms with Crippen LogP contribution < -0.4 is 10.5 Å². The van der Waals surface area contributed by atoms with Gasteiger partial charge < -0.3 is 10.5 Å². The zero-order valence-electron chi connectivity index (χ0n) is 12.5. The first kappa shape index (κ1) is 15.0. The molecule has 0 bridgehead atoms. The highest BCUT2D eigenvalue weighted by molar-refractivity contribution is 9.10. The third-order valence-electron chi connectivity index (χ3n) is 4.76. The molecule has 2 aliphatic rings. The minimum atomic E-state index is -0.647. The Balaban J connectivity index is 1.82. The topological polar surface area (TPSA) is 52.3 Å². The summed E-state index contributed by atoms with van der Waals surface area (Å²) in [6, 6.07) is 4.08. The molecule has 1 heterocycles. The highest BCUT2D eigenvalue weighted by Gasteiger charge is 2.38. The average molecular weight is 352 g/mol. The van der Waals surface area contributed by atoms with E-state index in [0.717, 1.165) is 41.5 Å². The van der Waals surface area contributed by atoms with E-state index < -0.39 is 5.54 Å². The van der Waals surface area contributed by atoms with Crippen molar-refractivity contribution in [1.82, 2.24) is 0 Å². The van der Waals surface area contributed by atoms with E-state index in [1.807, 2.05) is 6.07 Å². The molecule has 3 rings (SSSR count). The quantitative estimate of drug-likeness (QED) is 0.907. The van der Waals surface area contributed by atoms with Crippen LogP contribution >= 0.6 is 15.9 Å². The van der Waals surface area contributed by atoms with E-state index in [0.29, 0.717) is 18.9 Å². The number of halogens is 1. The molecule has 1 fully saturated rings. The van der Waals surface area contributed by atoms with Gasteiger partial charge in [0.25, 0.3) is 0 Å². The summed E-state index contributed by atoms with van der Waals surface area (Å²) in [4.78, 5) is 12.8. The standard InChI is InChI=1S/C17H22BrNO2/c1-11-3-2-5-17(19,10-11)15(20)9-13-8-14(18)7-12-4-6-21-16(12)13/h7-8,11H,2-6,9-10,19H2,1H3. The first-order valence-electron chi connectivity index (χ1n) is 7.74. The maximum atomic E-state index is 12.8. The predicted molar refractivity (Wildman–Crippen MR) is 86.6 cm³/mol. The Bertz CT molecular complexity index is 572. The minimum absolute atomic E-state index is 0.157. The van der Waals surface area contributed by atoms with Gasteiger partial charge in [0.15, 0.2) is 5.78 Å². The molecule has 1 aliphatic carbocycles. The molecular formula is C17H22BrNO2. The molecule has 1 aliphatic heterocycles. The summed E-state index contributed by atoms with van der Waals surface area (Å²) in [5, 5.41) is 0. The SMILES string of the molecule is CC1CCCC(N)(C(=O)Cc2cc(Br)cc3c2OCC3)C1. The van der Waals surface area contributed by atoms with Crippen LogP contribution in [0.5, 0.6) is 5.75 Å². The molecule has 0 radical (unpaired) electrons. The van der Waals surface area contributed by atoms with Crippen LogP contribution in [0.4, 0.5) is 0 Å². The van der Waals surface area contributed by atoms with Crippen LogP contribution in [0.1, 0.15) is 43.7 Å². The fourth-order valence-electron chi connectivity index (χ4n) is 3.67. The van der Waals surface area contributed by atoms with Gasteiger partial charge >= 0.3 is 0 Å². The predicted octanol–water partition coefficient (Wildman–Crippen LogP) is 3.40. The number of nitrogens with two attached hydrogens (primary N) is 1. The summed E-state index contributed by atoms with van der Waals surface area (Å²) in [6.45, 7) is 2.89. The third kappa shape index (κ3) is 3.02. The van der Waals surface area contributed by atoms with Gasteiger partial charge in [0, 0.05) is 22.9 Å². The van der Waals surface area contributed by atoms with Crippen molar-refractivity contribution in [3.05, 3.63) is 27.7 Å². The molecule has 21 heavy (non-hydrogen) atoms. The molecule has 114 valence electrons. The zero-order valence-corrected chi connectivity index (χ0v) is 14.0. The number of hydrogen-bond donors (Lipinski definition) is 1. The molecule has 4 heteroatoms. The largest absolute Gasteiger partial charge is 0.493 e. The van der Waals surface area contributed by atoms with Gasteiger partial charge in [0.05, 0.1) is 12.1 Å². The summed E-state index contributed by atoms with van der Waals surface area (Å²) in [5.41, 5.74) is 7.94. The Morgan fingerprint density at radius 2 is 2.33 bits per heavy atom. The molecule has 0 spiro atoms. The van der Waals surface area contributed by atoms with Gasteiger partial charge in [-0.3, -0.25) is 4.79 Å². The van der Waals surface area contributed by atoms with Gasteiger partial charge in [-0.25, -0.2) is 0 Å². The van der Waals surface area contributed by atoms with Gasteiger partial charge in [-0.1, -0.05) is 35.7 Å². The lowest BCUT2D eigenvalue weighted by Crippen LogP contribution is -2.51. The number of carbonyl (C=O) groups excluding carboxylic acids is 1. The molecule has 2 atom stereocenters. The van der Waals surface area contributed by atoms with Crippen LogP contribution in [-0.2, 0) is 17.6 Å². The smallest absolute Gasteiger partial charge is 0.157 e. The van der Waals surface area contributed by atoms with Crippen LogP contribution in [0.15, 0.2) is 16.6 Å². The van der Waals surface area contributed by atoms with Crippen molar-refractivity contribution in [1.29, 1.82) is 0 Å². The van der Waals surface area contributed by atoms with Crippen LogP contribution in [0.25, 0.3) is 0 Å². The van der Waals surface area contributed by atoms with Gasteiger partial charge in [-0.2, -0.15) is 0 Å². The summed E-state index contributed by atoms with van der Waals surface area (Å²) < 4.78 is 6.72. The van der Waals surface area contributed by atoms with Gasteiger partial charge in [0.1, 0.15) is 5.75 Å². The fraction of sp³-hybridized carbons (Fsp3) is 0.588. The molecule has 3 nitrogen and oxygen atoms in total. The lowest BCUT2D eigenvalue weighted by atomic mass is 9.73. The van der Waals surface area contributed by atoms with E-state index >= 15 is 0 Å². The summed E-state index contributed by atoms with van der Waals surface area (Å²) in [6.07, 6.45) is 5.15. The monoisotopic (exact) mass is 351 g/mol. The van der Waals surface area contributed by atoms with E-state index in [1.165, 1.54) is 12.0 Å². The van der Waals surface area contributed by atoms with Gasteiger partial charge in [-0.15, -0.1) is 0 Å². The maximum Gasteiger partial charge on any atom is 0.157 e. The molecule has 1 aromatic carbocycles. The summed E-state index contributed by atoms with van der Waals surface area (Å²) in [7, 11) is 0. The molecule has 0 saturated heterocycles. The van der Waals surface area contributed by atoms with Crippen molar-refractivity contribution in [2.24, 2.45) is 11.7 Å². The fourth-order valence-corrected chi connectivity index (χ4v) is 4.22. The Labute approximate surface area is 134 Å². The molecule has 1 saturated carbocycles. The average Bonchev–Trinajstić information content (AvgIpc) is 2.86. The molecular weight excluding hydrogens is 330 g/mol. The number of carbonyl (C=O) groups is 1. The maximum absolute atomic E-state index is 12.8. The number of ketones is 1. The summed E-state index contributed by atoms with van der Waals surface area (Å²) in [5.74, 6) is 1.60. The van der Waals surface area contributed by atoms with Gasteiger partial charge in [0.2, 0.25) is 0 Å². The third-order valence-corrected chi connectivity index (χ3v) is 5.22. The number of ether oxygens (including phenoxy) is 1. The number of Topliss-reactive ketones (excluding diaryl/α,β-unsaturated/α-hetero) is 1. The molecule has 2 N–H and O–H groups in total. The lowest BCUT2D eigenvalue weighted by Gasteiger charge is -2.35. The number of hydrogen-bond acceptors (Lipinski definition) is 3. The first-order valence-corrected chi connectivity index (χ1v) is 8.53. The Hall–Kier alpha value is -0.870. The Kier molecular flexibility index (Phi) is 4.10. The Morgan fingerprint density at radius 1 is 1.52 bits per heavy atom. The van der Waals surface area contributed by atoms with Crippen molar-refractivity contribution >= 4 is 21.7 Å². The minimum Gasteiger partial charge on any atom is -0.493 e. The van der Waals surface area contributed by atoms with Crippen molar-refractivity contribution in [3.8, 4) is 5.75 Å². The van der Waals surface area contributed by atoms with Crippen LogP contribution in [0.2, 0.25) is 0 Å². The molecule has 0 aromatic heterocycles. The second-order valence-corrected chi connectivity index (χ2v) is 7.52. The van der Waals surface area contributed by atoms with E-state index in [1.54, 1.807) is 0 Å². The van der Waals surface area contributed by atoms with Crippen LogP contribution in [0, 0.1) is 5.92 Å². The first-order chi connectivity index (χ1) is 9.98. The van der Waals surface area contributed by atoms with E-state index in [2.05, 4.69) is 28.9 Å². The summed E-state index contributed by atoms with van der Waals surface area (Å²) >= 11 is 3.53. The van der Waals surface area contributed by atoms with Crippen molar-refractivity contribution in [2.75, 3.05) is 6.61 Å². The van der Waals surface area contributed by atoms with Crippen molar-refractivity contribution in [2.45, 2.75) is 51.0 Å². The Morgan fingerprint density at radius 3 is 3.10 bits per heavy atom. The van der Waals surface area contributed by atoms with Gasteiger partial charge in [-0.05, 0) is 36.5 Å². The van der Waals surface area contributed by atoms with E-state index in [4.69, 9.17) is 10.5 Å². The molecule has 0 amide bonds. The van der Waals surface area contributed by atoms with Crippen molar-refractivity contribution < 1.29 is 9.53 Å². The highest BCUT2D eigenvalue weighted by atomic mass is 79.9. The number of rotatable bonds is 3. The van der Waals surface area contributed by atoms with Crippen LogP contribution in [0.3, 0.4) is 0 Å². The van der Waals surface area contributed by atoms with E-state index in [9.17, 15) is 4.79 Å². The normalized spacial score (nSPS) is 28.0. The van der Waals surface area contributed by atoms with Crippen molar-refractivity contribution in [3.63, 3.8) is 0 Å². The zero-order chi connectivity index (χ0) is 15.0. The number of benzene rings is 1. The second kappa shape index (κ2) is 5.73. The highest BCUT2D eigenvalue weighted by Crippen LogP contribution is 2.36. The second-order valence-electron chi connectivity index (χ2n) is 6.61. The molecule has 1 aromatic rings. The number of fused-ring (bicyclic) bond motifs is 1. The van der Waals surface area contributed by atoms with E-state index in [-0.39, 0.29) is 5.78 Å². The molecule has 2 unspecified atom stereocenters. The van der Waals surface area contributed by atoms with Crippen LogP contribution in [-0.4, -0.2) is 17.9 Å². The lowest BCUT2D eigenvalue weighted by molar-refractivity contribution is -0.125.